The number of phenols is 2. The molecule has 1 aliphatic heterocycles. The van der Waals surface area contributed by atoms with Gasteiger partial charge in [0.15, 0.2) is 0 Å². The Bertz CT molecular complexity index is 5980. The van der Waals surface area contributed by atoms with E-state index in [1.54, 1.807) is 30.3 Å². The second-order valence-corrected chi connectivity index (χ2v) is 28.4. The van der Waals surface area contributed by atoms with Crippen LogP contribution in [0.5, 0.6) is 17.2 Å². The molecule has 1 saturated heterocycles. The Balaban J connectivity index is 0.000000128. The van der Waals surface area contributed by atoms with Gasteiger partial charge in [-0.3, -0.25) is 0 Å². The number of hydrogen-bond acceptors (Lipinski definition) is 7. The first-order valence-corrected chi connectivity index (χ1v) is 35.4. The highest BCUT2D eigenvalue weighted by atomic mass is 32.2. The van der Waals surface area contributed by atoms with Gasteiger partial charge in [0, 0.05) is 0 Å². The van der Waals surface area contributed by atoms with Crippen molar-refractivity contribution >= 4 is 87.3 Å². The summed E-state index contributed by atoms with van der Waals surface area (Å²) in [6.07, 6.45) is 0. The third-order valence-electron chi connectivity index (χ3n) is 19.7. The lowest BCUT2D eigenvalue weighted by Gasteiger charge is -2.32. The third kappa shape index (κ3) is 13.6. The molecule has 0 amide bonds. The van der Waals surface area contributed by atoms with Gasteiger partial charge in [-0.1, -0.05) is 255 Å². The first kappa shape index (κ1) is 67.1. The minimum Gasteiger partial charge on any atom is -0.508 e. The zero-order chi connectivity index (χ0) is 71.2. The Kier molecular flexibility index (Phi) is 17.8. The molecule has 16 aromatic carbocycles. The minimum atomic E-state index is -5.74. The van der Waals surface area contributed by atoms with E-state index >= 15 is 0 Å². The first-order valence-electron chi connectivity index (χ1n) is 33.9. The Hall–Kier alpha value is -11.8. The highest BCUT2D eigenvalue weighted by molar-refractivity contribution is 7.88. The van der Waals surface area contributed by atoms with Gasteiger partial charge < -0.3 is 23.7 Å². The molecule has 16 aromatic rings. The monoisotopic (exact) mass is 1370 g/mol. The molecule has 0 atom stereocenters. The van der Waals surface area contributed by atoms with Gasteiger partial charge in [-0.05, 0) is 248 Å². The fourth-order valence-electron chi connectivity index (χ4n) is 13.8. The fourth-order valence-corrected chi connectivity index (χ4v) is 14.3. The molecule has 0 spiro atoms. The summed E-state index contributed by atoms with van der Waals surface area (Å²) in [6, 6.07) is 109. The Morgan fingerprint density at radius 3 is 0.864 bits per heavy atom. The zero-order valence-electron chi connectivity index (χ0n) is 56.7. The van der Waals surface area contributed by atoms with Gasteiger partial charge in [0.1, 0.15) is 17.2 Å². The van der Waals surface area contributed by atoms with Crippen LogP contribution in [-0.4, -0.2) is 42.5 Å². The van der Waals surface area contributed by atoms with Crippen molar-refractivity contribution in [1.29, 1.82) is 0 Å². The number of phenolic OH excluding ortho intramolecular Hbond substituents is 2. The van der Waals surface area contributed by atoms with Crippen LogP contribution >= 0.6 is 0 Å². The Labute approximate surface area is 596 Å². The van der Waals surface area contributed by atoms with Crippen molar-refractivity contribution in [1.82, 2.24) is 0 Å². The van der Waals surface area contributed by atoms with Crippen LogP contribution in [0.4, 0.5) is 13.2 Å². The molecule has 0 unspecified atom stereocenters. The predicted octanol–water partition coefficient (Wildman–Crippen LogP) is 23.6. The van der Waals surface area contributed by atoms with Crippen LogP contribution in [-0.2, 0) is 19.4 Å². The molecule has 12 heteroatoms. The molecule has 17 rings (SSSR count). The van der Waals surface area contributed by atoms with Crippen molar-refractivity contribution in [2.75, 3.05) is 0 Å². The summed E-state index contributed by atoms with van der Waals surface area (Å²) >= 11 is 0. The summed E-state index contributed by atoms with van der Waals surface area (Å²) < 4.78 is 77.5. The molecule has 0 saturated carbocycles. The summed E-state index contributed by atoms with van der Waals surface area (Å²) in [5.41, 5.74) is 9.51. The molecule has 0 radical (unpaired) electrons. The number of halogens is 3. The van der Waals surface area contributed by atoms with Crippen molar-refractivity contribution in [3.05, 3.63) is 328 Å². The maximum absolute atomic E-state index is 12.7. The molecule has 2 N–H and O–H groups in total. The Morgan fingerprint density at radius 2 is 0.544 bits per heavy atom. The van der Waals surface area contributed by atoms with Crippen LogP contribution in [0.2, 0.25) is 0 Å². The quantitative estimate of drug-likeness (QED) is 0.0609. The van der Waals surface area contributed by atoms with Crippen LogP contribution in [0.1, 0.15) is 27.7 Å². The largest absolute Gasteiger partial charge is 0.534 e. The highest BCUT2D eigenvalue weighted by Gasteiger charge is 2.52. The summed E-state index contributed by atoms with van der Waals surface area (Å²) in [6.45, 7) is 8.26. The third-order valence-corrected chi connectivity index (χ3v) is 20.7. The molecular weight excluding hydrogens is 1300 g/mol. The number of fused-ring (bicyclic) bond motifs is 12. The number of benzene rings is 16. The highest BCUT2D eigenvalue weighted by Crippen LogP contribution is 2.42. The van der Waals surface area contributed by atoms with E-state index in [9.17, 15) is 31.8 Å². The molecule has 0 aromatic heterocycles. The summed E-state index contributed by atoms with van der Waals surface area (Å²) in [4.78, 5) is 0. The number of alkyl halides is 3. The van der Waals surface area contributed by atoms with Crippen molar-refractivity contribution in [2.45, 2.75) is 44.4 Å². The maximum atomic E-state index is 12.7. The van der Waals surface area contributed by atoms with Gasteiger partial charge in [-0.2, -0.15) is 21.6 Å². The van der Waals surface area contributed by atoms with E-state index in [1.165, 1.54) is 72.8 Å². The SMILES string of the molecule is CC1(C)OB(c2cccc(-c3cccc(-c4cccc(O)c4)c3)c2)OC1(C)C.O=S(=O)(Oc1cccc(-c2ccc3c4ccccc4c4ccccc4c3c2)c1)C(F)(F)F.Oc1cccc(-c2cccc(-c3cccc(-c4cccc(-c5ccc6c7ccccc7c7ccccc7c6c5)c4)c3)c2)c1. The summed E-state index contributed by atoms with van der Waals surface area (Å²) in [5, 5.41) is 33.9. The Morgan fingerprint density at radius 1 is 0.291 bits per heavy atom. The molecule has 1 aliphatic rings. The van der Waals surface area contributed by atoms with Crippen LogP contribution in [0.15, 0.2) is 328 Å². The van der Waals surface area contributed by atoms with Crippen molar-refractivity contribution < 1.29 is 45.3 Å². The minimum absolute atomic E-state index is 0.269. The molecular formula is C91H68BF3O7S. The smallest absolute Gasteiger partial charge is 0.508 e. The van der Waals surface area contributed by atoms with Crippen molar-refractivity contribution in [3.63, 3.8) is 0 Å². The summed E-state index contributed by atoms with van der Waals surface area (Å²) in [5.74, 6) is 0.145. The lowest BCUT2D eigenvalue weighted by Crippen LogP contribution is -2.41. The van der Waals surface area contributed by atoms with Crippen molar-refractivity contribution in [3.8, 4) is 95.1 Å². The molecule has 0 aliphatic carbocycles. The van der Waals surface area contributed by atoms with Crippen molar-refractivity contribution in [2.24, 2.45) is 0 Å². The normalized spacial score (nSPS) is 13.4. The van der Waals surface area contributed by atoms with Gasteiger partial charge in [0.2, 0.25) is 0 Å². The van der Waals surface area contributed by atoms with E-state index in [0.717, 1.165) is 87.9 Å². The van der Waals surface area contributed by atoms with Gasteiger partial charge in [-0.25, -0.2) is 0 Å². The average molecular weight is 1370 g/mol. The topological polar surface area (TPSA) is 102 Å². The van der Waals surface area contributed by atoms with E-state index < -0.39 is 21.4 Å². The lowest BCUT2D eigenvalue weighted by atomic mass is 9.78. The van der Waals surface area contributed by atoms with Crippen LogP contribution < -0.4 is 9.65 Å². The number of aromatic hydroxyl groups is 2. The first-order chi connectivity index (χ1) is 49.7. The lowest BCUT2D eigenvalue weighted by molar-refractivity contribution is -0.0500. The van der Waals surface area contributed by atoms with Crippen LogP contribution in [0.25, 0.3) is 143 Å². The molecule has 1 fully saturated rings. The van der Waals surface area contributed by atoms with E-state index in [1.807, 2.05) is 91.0 Å². The number of rotatable bonds is 10. The second kappa shape index (κ2) is 27.3. The molecule has 504 valence electrons. The number of hydrogen-bond donors (Lipinski definition) is 2. The van der Waals surface area contributed by atoms with E-state index in [-0.39, 0.29) is 29.8 Å². The van der Waals surface area contributed by atoms with E-state index in [4.69, 9.17) is 9.31 Å². The van der Waals surface area contributed by atoms with Gasteiger partial charge in [-0.15, -0.1) is 0 Å². The van der Waals surface area contributed by atoms with Crippen LogP contribution in [0.3, 0.4) is 0 Å². The molecule has 103 heavy (non-hydrogen) atoms. The van der Waals surface area contributed by atoms with E-state index in [0.29, 0.717) is 5.56 Å². The predicted molar refractivity (Wildman–Crippen MR) is 417 cm³/mol. The van der Waals surface area contributed by atoms with Gasteiger partial charge in [0.05, 0.1) is 11.2 Å². The molecule has 0 bridgehead atoms. The standard InChI is InChI=1S/C42H28O.C25H15F3O3S.C24H25BO3/c43-36-16-8-15-34(26-36)32-13-6-11-30(24-32)28-9-5-10-29(23-28)31-12-7-14-33(25-31)35-21-22-41-39-19-2-1-17-37(39)38-18-3-4-20-40(38)42(41)27-35;26-25(27,28)32(29,30)31-18-7-5-6-16(14-18)17-12-13-23-21-10-2-1-8-19(21)20-9-3-4-11-22(20)24(23)15-17;1-23(2)24(3,4)28-25(27-23)21-12-6-10-19(15-21)17-8-5-9-18(14-17)20-11-7-13-22(26)16-20/h1-27,43H;1-15H;5-16,26H,1-4H3. The summed E-state index contributed by atoms with van der Waals surface area (Å²) in [7, 11) is -6.11. The van der Waals surface area contributed by atoms with Crippen LogP contribution in [0, 0.1) is 0 Å². The van der Waals surface area contributed by atoms with E-state index in [2.05, 4.69) is 220 Å². The second-order valence-electron chi connectivity index (χ2n) is 26.9. The average Bonchev–Trinajstić information content (AvgIpc) is 1.42. The molecule has 7 nitrogen and oxygen atoms in total. The van der Waals surface area contributed by atoms with Gasteiger partial charge >= 0.3 is 22.7 Å². The van der Waals surface area contributed by atoms with Gasteiger partial charge in [0.25, 0.3) is 0 Å². The fraction of sp³-hybridized carbons (Fsp3) is 0.0769. The molecule has 1 heterocycles. The zero-order valence-corrected chi connectivity index (χ0v) is 57.5. The maximum Gasteiger partial charge on any atom is 0.534 e.